The first-order valence-electron chi connectivity index (χ1n) is 6.39. The van der Waals surface area contributed by atoms with Crippen molar-refractivity contribution in [3.63, 3.8) is 0 Å². The molecule has 0 atom stereocenters. The summed E-state index contributed by atoms with van der Waals surface area (Å²) >= 11 is 0. The molecule has 0 aliphatic heterocycles. The molecule has 0 N–H and O–H groups in total. The van der Waals surface area contributed by atoms with Crippen LogP contribution in [0, 0.1) is 19.7 Å². The molecule has 1 aromatic heterocycles. The van der Waals surface area contributed by atoms with Gasteiger partial charge in [0.15, 0.2) is 5.82 Å². The van der Waals surface area contributed by atoms with Gasteiger partial charge in [-0.1, -0.05) is 29.8 Å². The second kappa shape index (κ2) is 4.89. The molecule has 0 aliphatic rings. The van der Waals surface area contributed by atoms with E-state index in [2.05, 4.69) is 10.1 Å². The van der Waals surface area contributed by atoms with Crippen LogP contribution in [0.25, 0.3) is 17.1 Å². The van der Waals surface area contributed by atoms with Gasteiger partial charge in [-0.05, 0) is 37.6 Å². The third-order valence-corrected chi connectivity index (χ3v) is 3.22. The molecule has 0 radical (unpaired) electrons. The Labute approximate surface area is 116 Å². The lowest BCUT2D eigenvalue weighted by molar-refractivity contribution is 0.619. The molecule has 0 amide bonds. The van der Waals surface area contributed by atoms with Crippen LogP contribution in [0.5, 0.6) is 0 Å². The zero-order chi connectivity index (χ0) is 14.1. The number of hydrogen-bond acceptors (Lipinski definition) is 2. The average molecular weight is 267 g/mol. The van der Waals surface area contributed by atoms with Crippen molar-refractivity contribution in [2.75, 3.05) is 0 Å². The zero-order valence-corrected chi connectivity index (χ0v) is 11.3. The lowest BCUT2D eigenvalue weighted by Gasteiger charge is -2.01. The molecule has 0 bridgehead atoms. The standard InChI is InChI=1S/C16H14FN3/c1-11-3-7-14(8-4-11)20-10-18-16(19-20)13-6-5-12(2)15(17)9-13/h3-10H,1-2H3. The van der Waals surface area contributed by atoms with Crippen molar-refractivity contribution in [3.8, 4) is 17.1 Å². The predicted molar refractivity (Wildman–Crippen MR) is 76.2 cm³/mol. The van der Waals surface area contributed by atoms with Gasteiger partial charge in [0.05, 0.1) is 5.69 Å². The maximum absolute atomic E-state index is 13.6. The molecule has 3 rings (SSSR count). The van der Waals surface area contributed by atoms with Crippen LogP contribution in [-0.2, 0) is 0 Å². The molecule has 0 aliphatic carbocycles. The Morgan fingerprint density at radius 3 is 2.45 bits per heavy atom. The largest absolute Gasteiger partial charge is 0.220 e. The quantitative estimate of drug-likeness (QED) is 0.709. The van der Waals surface area contributed by atoms with E-state index in [1.807, 2.05) is 37.3 Å². The Hall–Kier alpha value is -2.49. The molecule has 0 spiro atoms. The van der Waals surface area contributed by atoms with Gasteiger partial charge in [-0.3, -0.25) is 0 Å². The molecule has 100 valence electrons. The molecular weight excluding hydrogens is 253 g/mol. The summed E-state index contributed by atoms with van der Waals surface area (Å²) in [5.74, 6) is 0.277. The summed E-state index contributed by atoms with van der Waals surface area (Å²) in [6.45, 7) is 3.77. The molecule has 0 unspecified atom stereocenters. The smallest absolute Gasteiger partial charge is 0.181 e. The van der Waals surface area contributed by atoms with E-state index >= 15 is 0 Å². The number of aryl methyl sites for hydroxylation is 2. The second-order valence-corrected chi connectivity index (χ2v) is 4.81. The van der Waals surface area contributed by atoms with Crippen molar-refractivity contribution in [1.82, 2.24) is 14.8 Å². The number of aromatic nitrogens is 3. The van der Waals surface area contributed by atoms with Gasteiger partial charge in [0, 0.05) is 5.56 Å². The molecule has 0 saturated carbocycles. The van der Waals surface area contributed by atoms with Crippen molar-refractivity contribution >= 4 is 0 Å². The molecule has 3 aromatic rings. The predicted octanol–water partition coefficient (Wildman–Crippen LogP) is 3.69. The lowest BCUT2D eigenvalue weighted by Crippen LogP contribution is -1.95. The summed E-state index contributed by atoms with van der Waals surface area (Å²) in [7, 11) is 0. The molecular formula is C16H14FN3. The average Bonchev–Trinajstić information content (AvgIpc) is 2.92. The first kappa shape index (κ1) is 12.5. The number of halogens is 1. The Bertz CT molecular complexity index is 745. The monoisotopic (exact) mass is 267 g/mol. The lowest BCUT2D eigenvalue weighted by atomic mass is 10.1. The van der Waals surface area contributed by atoms with E-state index in [1.54, 1.807) is 24.0 Å². The number of nitrogens with zero attached hydrogens (tertiary/aromatic N) is 3. The van der Waals surface area contributed by atoms with Crippen LogP contribution in [0.2, 0.25) is 0 Å². The Morgan fingerprint density at radius 2 is 1.75 bits per heavy atom. The number of hydrogen-bond donors (Lipinski definition) is 0. The van der Waals surface area contributed by atoms with Gasteiger partial charge in [-0.25, -0.2) is 14.1 Å². The van der Waals surface area contributed by atoms with E-state index in [0.717, 1.165) is 5.69 Å². The fourth-order valence-corrected chi connectivity index (χ4v) is 1.95. The van der Waals surface area contributed by atoms with Crippen molar-refractivity contribution in [2.24, 2.45) is 0 Å². The molecule has 0 fully saturated rings. The highest BCUT2D eigenvalue weighted by molar-refractivity contribution is 5.55. The summed E-state index contributed by atoms with van der Waals surface area (Å²) in [4.78, 5) is 4.24. The number of benzene rings is 2. The third kappa shape index (κ3) is 2.32. The fourth-order valence-electron chi connectivity index (χ4n) is 1.95. The Balaban J connectivity index is 1.97. The Kier molecular flexibility index (Phi) is 3.06. The van der Waals surface area contributed by atoms with E-state index in [9.17, 15) is 4.39 Å². The summed E-state index contributed by atoms with van der Waals surface area (Å²) in [6.07, 6.45) is 1.64. The van der Waals surface area contributed by atoms with Crippen molar-refractivity contribution < 1.29 is 4.39 Å². The van der Waals surface area contributed by atoms with E-state index in [0.29, 0.717) is 17.0 Å². The minimum absolute atomic E-state index is 0.241. The van der Waals surface area contributed by atoms with Crippen LogP contribution in [-0.4, -0.2) is 14.8 Å². The van der Waals surface area contributed by atoms with Gasteiger partial charge >= 0.3 is 0 Å². The highest BCUT2D eigenvalue weighted by Crippen LogP contribution is 2.19. The summed E-state index contributed by atoms with van der Waals surface area (Å²) in [5, 5.41) is 4.39. The van der Waals surface area contributed by atoms with Gasteiger partial charge in [0.1, 0.15) is 12.1 Å². The van der Waals surface area contributed by atoms with Crippen molar-refractivity contribution in [3.05, 3.63) is 65.7 Å². The molecule has 3 nitrogen and oxygen atoms in total. The summed E-state index contributed by atoms with van der Waals surface area (Å²) < 4.78 is 15.3. The van der Waals surface area contributed by atoms with Gasteiger partial charge in [0.25, 0.3) is 0 Å². The zero-order valence-electron chi connectivity index (χ0n) is 11.3. The minimum Gasteiger partial charge on any atom is -0.220 e. The van der Waals surface area contributed by atoms with E-state index in [4.69, 9.17) is 0 Å². The second-order valence-electron chi connectivity index (χ2n) is 4.81. The van der Waals surface area contributed by atoms with Crippen LogP contribution in [0.3, 0.4) is 0 Å². The van der Waals surface area contributed by atoms with Crippen LogP contribution in [0.4, 0.5) is 4.39 Å². The van der Waals surface area contributed by atoms with Crippen LogP contribution in [0.15, 0.2) is 48.8 Å². The number of rotatable bonds is 2. The fraction of sp³-hybridized carbons (Fsp3) is 0.125. The van der Waals surface area contributed by atoms with Crippen LogP contribution < -0.4 is 0 Å². The first-order chi connectivity index (χ1) is 9.63. The molecule has 1 heterocycles. The molecule has 4 heteroatoms. The first-order valence-corrected chi connectivity index (χ1v) is 6.39. The molecule has 0 saturated heterocycles. The maximum Gasteiger partial charge on any atom is 0.181 e. The third-order valence-electron chi connectivity index (χ3n) is 3.22. The maximum atomic E-state index is 13.6. The van der Waals surface area contributed by atoms with Gasteiger partial charge in [-0.2, -0.15) is 0 Å². The SMILES string of the molecule is Cc1ccc(-n2cnc(-c3ccc(C)c(F)c3)n2)cc1. The normalized spacial score (nSPS) is 10.8. The van der Waals surface area contributed by atoms with Crippen molar-refractivity contribution in [2.45, 2.75) is 13.8 Å². The van der Waals surface area contributed by atoms with E-state index in [-0.39, 0.29) is 5.82 Å². The van der Waals surface area contributed by atoms with Crippen LogP contribution >= 0.6 is 0 Å². The Morgan fingerprint density at radius 1 is 1.00 bits per heavy atom. The highest BCUT2D eigenvalue weighted by Gasteiger charge is 2.07. The van der Waals surface area contributed by atoms with Crippen molar-refractivity contribution in [1.29, 1.82) is 0 Å². The van der Waals surface area contributed by atoms with Crippen LogP contribution in [0.1, 0.15) is 11.1 Å². The van der Waals surface area contributed by atoms with Gasteiger partial charge in [-0.15, -0.1) is 5.10 Å². The topological polar surface area (TPSA) is 30.7 Å². The summed E-state index contributed by atoms with van der Waals surface area (Å²) in [5.41, 5.74) is 3.42. The molecule has 20 heavy (non-hydrogen) atoms. The van der Waals surface area contributed by atoms with E-state index < -0.39 is 0 Å². The highest BCUT2D eigenvalue weighted by atomic mass is 19.1. The summed E-state index contributed by atoms with van der Waals surface area (Å²) in [6, 6.07) is 13.0. The minimum atomic E-state index is -0.241. The van der Waals surface area contributed by atoms with E-state index in [1.165, 1.54) is 11.6 Å². The van der Waals surface area contributed by atoms with Gasteiger partial charge in [0.2, 0.25) is 0 Å². The van der Waals surface area contributed by atoms with Gasteiger partial charge < -0.3 is 0 Å². The molecule has 2 aromatic carbocycles.